The van der Waals surface area contributed by atoms with Gasteiger partial charge < -0.3 is 10.1 Å². The molecule has 3 rings (SSSR count). The van der Waals surface area contributed by atoms with E-state index in [1.54, 1.807) is 0 Å². The summed E-state index contributed by atoms with van der Waals surface area (Å²) in [4.78, 5) is 15.0. The van der Waals surface area contributed by atoms with Gasteiger partial charge in [0.15, 0.2) is 6.10 Å². The maximum absolute atomic E-state index is 12.5. The minimum absolute atomic E-state index is 0.0677. The molecule has 1 N–H and O–H groups in total. The van der Waals surface area contributed by atoms with E-state index < -0.39 is 6.10 Å². The zero-order valence-corrected chi connectivity index (χ0v) is 16.4. The fourth-order valence-electron chi connectivity index (χ4n) is 3.43. The topological polar surface area (TPSA) is 41.6 Å². The smallest absolute Gasteiger partial charge is 0.261 e. The number of carbonyl (C=O) groups excluding carboxylic acids is 1. The van der Waals surface area contributed by atoms with Crippen molar-refractivity contribution in [3.63, 3.8) is 0 Å². The Morgan fingerprint density at radius 2 is 1.74 bits per heavy atom. The van der Waals surface area contributed by atoms with Crippen LogP contribution in [0, 0.1) is 6.92 Å². The summed E-state index contributed by atoms with van der Waals surface area (Å²) in [7, 11) is 0. The lowest BCUT2D eigenvalue weighted by Crippen LogP contribution is -2.37. The number of nitrogens with one attached hydrogen (secondary N) is 1. The van der Waals surface area contributed by atoms with Crippen LogP contribution in [0.15, 0.2) is 48.5 Å². The van der Waals surface area contributed by atoms with Crippen LogP contribution < -0.4 is 10.1 Å². The minimum atomic E-state index is -0.472. The number of carbonyl (C=O) groups is 1. The molecular weight excluding hydrogens is 336 g/mol. The Morgan fingerprint density at radius 3 is 2.41 bits per heavy atom. The Balaban J connectivity index is 1.50. The van der Waals surface area contributed by atoms with Crippen molar-refractivity contribution in [2.45, 2.75) is 52.3 Å². The molecule has 1 aliphatic heterocycles. The number of likely N-dealkylation sites (tertiary alicyclic amines) is 1. The molecule has 1 aliphatic rings. The SMILES string of the molecule is CCC(Oc1ccccc1C)C(=O)NCc1ccc(CN2CCCC2)cc1. The highest BCUT2D eigenvalue weighted by molar-refractivity contribution is 5.81. The van der Waals surface area contributed by atoms with Gasteiger partial charge in [0.1, 0.15) is 5.75 Å². The maximum Gasteiger partial charge on any atom is 0.261 e. The molecule has 1 unspecified atom stereocenters. The average Bonchev–Trinajstić information content (AvgIpc) is 3.19. The highest BCUT2D eigenvalue weighted by Crippen LogP contribution is 2.19. The third-order valence-electron chi connectivity index (χ3n) is 5.12. The molecular formula is C23H30N2O2. The molecule has 144 valence electrons. The molecule has 2 aromatic carbocycles. The summed E-state index contributed by atoms with van der Waals surface area (Å²) in [6.45, 7) is 7.92. The number of nitrogens with zero attached hydrogens (tertiary/aromatic N) is 1. The van der Waals surface area contributed by atoms with E-state index in [1.165, 1.54) is 31.5 Å². The summed E-state index contributed by atoms with van der Waals surface area (Å²) in [5.74, 6) is 0.702. The van der Waals surface area contributed by atoms with Crippen molar-refractivity contribution in [2.24, 2.45) is 0 Å². The average molecular weight is 367 g/mol. The van der Waals surface area contributed by atoms with Crippen molar-refractivity contribution in [3.8, 4) is 5.75 Å². The number of amides is 1. The van der Waals surface area contributed by atoms with Crippen LogP contribution in [0.3, 0.4) is 0 Å². The molecule has 1 fully saturated rings. The first-order chi connectivity index (χ1) is 13.2. The summed E-state index contributed by atoms with van der Waals surface area (Å²) in [5, 5.41) is 3.01. The summed E-state index contributed by atoms with van der Waals surface area (Å²) >= 11 is 0. The lowest BCUT2D eigenvalue weighted by atomic mass is 10.1. The zero-order valence-electron chi connectivity index (χ0n) is 16.4. The Hall–Kier alpha value is -2.33. The molecule has 1 atom stereocenters. The second kappa shape index (κ2) is 9.56. The Bertz CT molecular complexity index is 736. The molecule has 27 heavy (non-hydrogen) atoms. The van der Waals surface area contributed by atoms with E-state index in [9.17, 15) is 4.79 Å². The summed E-state index contributed by atoms with van der Waals surface area (Å²) in [5.41, 5.74) is 3.48. The molecule has 0 saturated carbocycles. The molecule has 2 aromatic rings. The van der Waals surface area contributed by atoms with Crippen LogP contribution in [0.4, 0.5) is 0 Å². The second-order valence-corrected chi connectivity index (χ2v) is 7.30. The second-order valence-electron chi connectivity index (χ2n) is 7.30. The monoisotopic (exact) mass is 366 g/mol. The number of aryl methyl sites for hydroxylation is 1. The van der Waals surface area contributed by atoms with Gasteiger partial charge in [0.25, 0.3) is 5.91 Å². The molecule has 1 saturated heterocycles. The molecule has 1 heterocycles. The normalized spacial score (nSPS) is 15.5. The number of hydrogen-bond donors (Lipinski definition) is 1. The van der Waals surface area contributed by atoms with Crippen LogP contribution in [-0.4, -0.2) is 30.0 Å². The van der Waals surface area contributed by atoms with Crippen molar-refractivity contribution in [3.05, 3.63) is 65.2 Å². The highest BCUT2D eigenvalue weighted by atomic mass is 16.5. The third kappa shape index (κ3) is 5.57. The van der Waals surface area contributed by atoms with Gasteiger partial charge in [-0.15, -0.1) is 0 Å². The predicted molar refractivity (Wildman–Crippen MR) is 109 cm³/mol. The molecule has 0 bridgehead atoms. The van der Waals surface area contributed by atoms with Gasteiger partial charge in [-0.05, 0) is 62.0 Å². The quantitative estimate of drug-likeness (QED) is 0.766. The minimum Gasteiger partial charge on any atom is -0.480 e. The van der Waals surface area contributed by atoms with Gasteiger partial charge in [-0.3, -0.25) is 9.69 Å². The van der Waals surface area contributed by atoms with E-state index >= 15 is 0 Å². The Kier molecular flexibility index (Phi) is 6.88. The number of para-hydroxylation sites is 1. The van der Waals surface area contributed by atoms with Gasteiger partial charge >= 0.3 is 0 Å². The standard InChI is InChI=1S/C23H30N2O2/c1-3-21(27-22-9-5-4-8-18(22)2)23(26)24-16-19-10-12-20(13-11-19)17-25-14-6-7-15-25/h4-5,8-13,21H,3,6-7,14-17H2,1-2H3,(H,24,26). The lowest BCUT2D eigenvalue weighted by Gasteiger charge is -2.19. The number of benzene rings is 2. The molecule has 0 aliphatic carbocycles. The number of rotatable bonds is 8. The third-order valence-corrected chi connectivity index (χ3v) is 5.12. The molecule has 4 heteroatoms. The lowest BCUT2D eigenvalue weighted by molar-refractivity contribution is -0.128. The van der Waals surface area contributed by atoms with Crippen LogP contribution in [-0.2, 0) is 17.9 Å². The predicted octanol–water partition coefficient (Wildman–Crippen LogP) is 4.06. The van der Waals surface area contributed by atoms with E-state index in [2.05, 4.69) is 34.5 Å². The van der Waals surface area contributed by atoms with Crippen molar-refractivity contribution >= 4 is 5.91 Å². The van der Waals surface area contributed by atoms with Crippen LogP contribution in [0.1, 0.15) is 42.9 Å². The van der Waals surface area contributed by atoms with Gasteiger partial charge in [-0.1, -0.05) is 49.4 Å². The van der Waals surface area contributed by atoms with E-state index in [4.69, 9.17) is 4.74 Å². The van der Waals surface area contributed by atoms with Gasteiger partial charge in [-0.25, -0.2) is 0 Å². The van der Waals surface area contributed by atoms with Crippen molar-refractivity contribution in [1.82, 2.24) is 10.2 Å². The highest BCUT2D eigenvalue weighted by Gasteiger charge is 2.18. The fourth-order valence-corrected chi connectivity index (χ4v) is 3.43. The van der Waals surface area contributed by atoms with Crippen LogP contribution in [0.5, 0.6) is 5.75 Å². The molecule has 4 nitrogen and oxygen atoms in total. The number of hydrogen-bond acceptors (Lipinski definition) is 3. The summed E-state index contributed by atoms with van der Waals surface area (Å²) in [6, 6.07) is 16.3. The largest absolute Gasteiger partial charge is 0.480 e. The van der Waals surface area contributed by atoms with Gasteiger partial charge in [0.05, 0.1) is 0 Å². The summed E-state index contributed by atoms with van der Waals surface area (Å²) in [6.07, 6.45) is 2.79. The van der Waals surface area contributed by atoms with E-state index in [0.717, 1.165) is 23.4 Å². The molecule has 0 aromatic heterocycles. The Morgan fingerprint density at radius 1 is 1.07 bits per heavy atom. The van der Waals surface area contributed by atoms with Gasteiger partial charge in [-0.2, -0.15) is 0 Å². The first-order valence-electron chi connectivity index (χ1n) is 9.96. The Labute approximate surface area is 162 Å². The molecule has 1 amide bonds. The van der Waals surface area contributed by atoms with E-state index in [1.807, 2.05) is 38.1 Å². The first kappa shape index (κ1) is 19.4. The van der Waals surface area contributed by atoms with Crippen LogP contribution >= 0.6 is 0 Å². The van der Waals surface area contributed by atoms with Gasteiger partial charge in [0, 0.05) is 13.1 Å². The molecule has 0 radical (unpaired) electrons. The fraction of sp³-hybridized carbons (Fsp3) is 0.435. The van der Waals surface area contributed by atoms with Crippen LogP contribution in [0.25, 0.3) is 0 Å². The zero-order chi connectivity index (χ0) is 19.1. The van der Waals surface area contributed by atoms with Crippen LogP contribution in [0.2, 0.25) is 0 Å². The van der Waals surface area contributed by atoms with Crippen molar-refractivity contribution in [2.75, 3.05) is 13.1 Å². The number of ether oxygens (including phenoxy) is 1. The van der Waals surface area contributed by atoms with E-state index in [-0.39, 0.29) is 5.91 Å². The maximum atomic E-state index is 12.5. The first-order valence-corrected chi connectivity index (χ1v) is 9.96. The van der Waals surface area contributed by atoms with E-state index in [0.29, 0.717) is 13.0 Å². The molecule has 0 spiro atoms. The van der Waals surface area contributed by atoms with Crippen molar-refractivity contribution < 1.29 is 9.53 Å². The van der Waals surface area contributed by atoms with Gasteiger partial charge in [0.2, 0.25) is 0 Å². The van der Waals surface area contributed by atoms with Crippen molar-refractivity contribution in [1.29, 1.82) is 0 Å². The summed E-state index contributed by atoms with van der Waals surface area (Å²) < 4.78 is 5.92.